The van der Waals surface area contributed by atoms with Crippen molar-refractivity contribution < 1.29 is 23.5 Å². The Morgan fingerprint density at radius 3 is 2.85 bits per heavy atom. The molecule has 0 spiro atoms. The Hall–Kier alpha value is -2.95. The van der Waals surface area contributed by atoms with Crippen molar-refractivity contribution in [2.75, 3.05) is 32.5 Å². The van der Waals surface area contributed by atoms with Crippen molar-refractivity contribution in [2.24, 2.45) is 0 Å². The number of anilines is 1. The molecule has 11 heteroatoms. The first-order chi connectivity index (χ1) is 15.7. The third kappa shape index (κ3) is 6.10. The van der Waals surface area contributed by atoms with Crippen LogP contribution in [-0.2, 0) is 20.9 Å². The molecule has 0 saturated carbocycles. The zero-order valence-electron chi connectivity index (χ0n) is 18.3. The molecule has 1 aliphatic rings. The normalized spacial score (nSPS) is 18.7. The number of esters is 1. The highest BCUT2D eigenvalue weighted by molar-refractivity contribution is 6.33. The van der Waals surface area contributed by atoms with Crippen molar-refractivity contribution in [3.8, 4) is 0 Å². The molecule has 1 amide bonds. The van der Waals surface area contributed by atoms with Gasteiger partial charge in [0.05, 0.1) is 23.7 Å². The minimum atomic E-state index is -0.645. The number of pyridine rings is 1. The standard InChI is InChI=1S/C22H26ClFN4O5/c1-12-4-3-5-16(24)14(12)11-33-19(29)10-28-7-6-17(18(9-28)32-2)26-21(30)13-8-15(23)20(25)27-22(13)31/h3-5,8,17-18H,6-7,9-11H2,1-2H3,(H,26,30)(H3,25,27,31)/t17-,18+/m1/s1. The number of H-pyrrole nitrogens is 1. The monoisotopic (exact) mass is 480 g/mol. The Labute approximate surface area is 195 Å². The van der Waals surface area contributed by atoms with E-state index in [9.17, 15) is 18.8 Å². The highest BCUT2D eigenvalue weighted by atomic mass is 35.5. The number of nitrogens with one attached hydrogen (secondary N) is 2. The number of carbonyl (C=O) groups is 2. The summed E-state index contributed by atoms with van der Waals surface area (Å²) in [5.41, 5.74) is 5.80. The largest absolute Gasteiger partial charge is 0.460 e. The Bertz CT molecular complexity index is 1070. The average Bonchev–Trinajstić information content (AvgIpc) is 2.76. The van der Waals surface area contributed by atoms with Gasteiger partial charge >= 0.3 is 5.97 Å². The minimum absolute atomic E-state index is 0.00125. The molecule has 0 aliphatic carbocycles. The molecular weight excluding hydrogens is 455 g/mol. The molecule has 0 unspecified atom stereocenters. The van der Waals surface area contributed by atoms with Crippen LogP contribution in [0, 0.1) is 12.7 Å². The van der Waals surface area contributed by atoms with Gasteiger partial charge in [-0.3, -0.25) is 19.3 Å². The highest BCUT2D eigenvalue weighted by Gasteiger charge is 2.32. The van der Waals surface area contributed by atoms with Crippen LogP contribution in [0.15, 0.2) is 29.1 Å². The van der Waals surface area contributed by atoms with Crippen LogP contribution in [0.1, 0.15) is 27.9 Å². The van der Waals surface area contributed by atoms with Crippen LogP contribution >= 0.6 is 11.6 Å². The first-order valence-electron chi connectivity index (χ1n) is 10.3. The van der Waals surface area contributed by atoms with E-state index in [0.29, 0.717) is 30.6 Å². The van der Waals surface area contributed by atoms with Crippen molar-refractivity contribution in [3.63, 3.8) is 0 Å². The van der Waals surface area contributed by atoms with E-state index >= 15 is 0 Å². The van der Waals surface area contributed by atoms with Crippen LogP contribution in [0.25, 0.3) is 0 Å². The number of aromatic amines is 1. The molecule has 1 saturated heterocycles. The second kappa shape index (κ2) is 10.8. The number of nitrogens with two attached hydrogens (primary N) is 1. The molecule has 2 aromatic rings. The zero-order valence-corrected chi connectivity index (χ0v) is 19.1. The lowest BCUT2D eigenvalue weighted by Crippen LogP contribution is -2.56. The number of nitrogens with zero attached hydrogens (tertiary/aromatic N) is 1. The van der Waals surface area contributed by atoms with Gasteiger partial charge in [-0.15, -0.1) is 0 Å². The minimum Gasteiger partial charge on any atom is -0.460 e. The van der Waals surface area contributed by atoms with Crippen molar-refractivity contribution in [1.82, 2.24) is 15.2 Å². The molecule has 1 aromatic carbocycles. The molecule has 1 aliphatic heterocycles. The Balaban J connectivity index is 1.55. The van der Waals surface area contributed by atoms with E-state index in [1.54, 1.807) is 19.1 Å². The van der Waals surface area contributed by atoms with Gasteiger partial charge in [-0.25, -0.2) is 4.39 Å². The van der Waals surface area contributed by atoms with Crippen molar-refractivity contribution in [3.05, 3.63) is 62.1 Å². The predicted octanol–water partition coefficient (Wildman–Crippen LogP) is 1.62. The number of hydrogen-bond acceptors (Lipinski definition) is 7. The fraction of sp³-hybridized carbons (Fsp3) is 0.409. The Morgan fingerprint density at radius 1 is 1.39 bits per heavy atom. The summed E-state index contributed by atoms with van der Waals surface area (Å²) in [6, 6.07) is 5.51. The molecule has 2 heterocycles. The molecule has 4 N–H and O–H groups in total. The predicted molar refractivity (Wildman–Crippen MR) is 121 cm³/mol. The number of benzene rings is 1. The fourth-order valence-corrected chi connectivity index (χ4v) is 3.85. The summed E-state index contributed by atoms with van der Waals surface area (Å²) in [6.07, 6.45) is 0.0533. The first-order valence-corrected chi connectivity index (χ1v) is 10.7. The number of likely N-dealkylation sites (tertiary alicyclic amines) is 1. The Kier molecular flexibility index (Phi) is 8.06. The maximum Gasteiger partial charge on any atom is 0.320 e. The lowest BCUT2D eigenvalue weighted by Gasteiger charge is -2.37. The molecule has 0 radical (unpaired) electrons. The number of methoxy groups -OCH3 is 1. The number of nitrogen functional groups attached to an aromatic ring is 1. The lowest BCUT2D eigenvalue weighted by atomic mass is 10.0. The van der Waals surface area contributed by atoms with Gasteiger partial charge in [-0.05, 0) is 31.0 Å². The van der Waals surface area contributed by atoms with Crippen LogP contribution in [0.4, 0.5) is 10.2 Å². The van der Waals surface area contributed by atoms with E-state index in [0.717, 1.165) is 0 Å². The van der Waals surface area contributed by atoms with Gasteiger partial charge < -0.3 is 25.5 Å². The summed E-state index contributed by atoms with van der Waals surface area (Å²) in [4.78, 5) is 41.1. The quantitative estimate of drug-likeness (QED) is 0.514. The van der Waals surface area contributed by atoms with Crippen LogP contribution < -0.4 is 16.6 Å². The van der Waals surface area contributed by atoms with Gasteiger partial charge in [-0.1, -0.05) is 23.7 Å². The molecule has 33 heavy (non-hydrogen) atoms. The summed E-state index contributed by atoms with van der Waals surface area (Å²) in [7, 11) is 1.50. The summed E-state index contributed by atoms with van der Waals surface area (Å²) in [6.45, 7) is 2.45. The smallest absolute Gasteiger partial charge is 0.320 e. The summed E-state index contributed by atoms with van der Waals surface area (Å²) in [5.74, 6) is -1.52. The third-order valence-corrected chi connectivity index (χ3v) is 5.92. The van der Waals surface area contributed by atoms with Gasteiger partial charge in [0.25, 0.3) is 11.5 Å². The zero-order chi connectivity index (χ0) is 24.1. The maximum atomic E-state index is 13.9. The maximum absolute atomic E-state index is 13.9. The average molecular weight is 481 g/mol. The van der Waals surface area contributed by atoms with Crippen LogP contribution in [0.3, 0.4) is 0 Å². The molecular formula is C22H26ClFN4O5. The molecule has 178 valence electrons. The third-order valence-electron chi connectivity index (χ3n) is 5.61. The number of aryl methyl sites for hydroxylation is 1. The lowest BCUT2D eigenvalue weighted by molar-refractivity contribution is -0.147. The molecule has 0 bridgehead atoms. The van der Waals surface area contributed by atoms with Crippen molar-refractivity contribution in [2.45, 2.75) is 32.1 Å². The fourth-order valence-electron chi connectivity index (χ4n) is 3.69. The van der Waals surface area contributed by atoms with E-state index in [1.165, 1.54) is 19.2 Å². The van der Waals surface area contributed by atoms with E-state index in [2.05, 4.69) is 10.3 Å². The van der Waals surface area contributed by atoms with Crippen molar-refractivity contribution in [1.29, 1.82) is 0 Å². The number of carbonyl (C=O) groups excluding carboxylic acids is 2. The van der Waals surface area contributed by atoms with Crippen molar-refractivity contribution >= 4 is 29.3 Å². The number of rotatable bonds is 7. The summed E-state index contributed by atoms with van der Waals surface area (Å²) < 4.78 is 24.7. The first kappa shape index (κ1) is 24.7. The number of ether oxygens (including phenoxy) is 2. The van der Waals surface area contributed by atoms with E-state index in [-0.39, 0.29) is 35.6 Å². The topological polar surface area (TPSA) is 127 Å². The summed E-state index contributed by atoms with van der Waals surface area (Å²) in [5, 5.41) is 2.86. The van der Waals surface area contributed by atoms with Gasteiger partial charge in [0.15, 0.2) is 0 Å². The van der Waals surface area contributed by atoms with Gasteiger partial charge in [0.1, 0.15) is 23.8 Å². The molecule has 3 rings (SSSR count). The van der Waals surface area contributed by atoms with E-state index in [4.69, 9.17) is 26.8 Å². The van der Waals surface area contributed by atoms with Crippen LogP contribution in [-0.4, -0.2) is 60.7 Å². The SMILES string of the molecule is CO[C@H]1CN(CC(=O)OCc2c(C)cccc2F)CC[C@H]1NC(=O)c1cc(Cl)c(N)[nH]c1=O. The second-order valence-electron chi connectivity index (χ2n) is 7.85. The summed E-state index contributed by atoms with van der Waals surface area (Å²) >= 11 is 5.91. The second-order valence-corrected chi connectivity index (χ2v) is 8.25. The number of halogens is 2. The van der Waals surface area contributed by atoms with Gasteiger partial charge in [0.2, 0.25) is 0 Å². The Morgan fingerprint density at radius 2 is 2.15 bits per heavy atom. The molecule has 2 atom stereocenters. The number of piperidine rings is 1. The number of aromatic nitrogens is 1. The molecule has 1 fully saturated rings. The number of amides is 1. The van der Waals surface area contributed by atoms with E-state index in [1.807, 2.05) is 4.90 Å². The van der Waals surface area contributed by atoms with Crippen LogP contribution in [0.2, 0.25) is 5.02 Å². The molecule has 9 nitrogen and oxygen atoms in total. The van der Waals surface area contributed by atoms with Gasteiger partial charge in [0, 0.05) is 25.8 Å². The highest BCUT2D eigenvalue weighted by Crippen LogP contribution is 2.18. The number of hydrogen-bond donors (Lipinski definition) is 3. The van der Waals surface area contributed by atoms with E-state index < -0.39 is 29.4 Å². The van der Waals surface area contributed by atoms with Gasteiger partial charge in [-0.2, -0.15) is 0 Å². The van der Waals surface area contributed by atoms with Crippen LogP contribution in [0.5, 0.6) is 0 Å². The molecule has 1 aromatic heterocycles.